The largest absolute Gasteiger partial charge is 0.480 e. The van der Waals surface area contributed by atoms with Crippen molar-refractivity contribution in [1.29, 1.82) is 0 Å². The van der Waals surface area contributed by atoms with E-state index < -0.39 is 5.97 Å². The number of hydrogen-bond donors (Lipinski definition) is 1. The molecular weight excluding hydrogens is 272 g/mol. The van der Waals surface area contributed by atoms with Crippen LogP contribution in [-0.2, 0) is 4.79 Å². The predicted molar refractivity (Wildman–Crippen MR) is 80.3 cm³/mol. The van der Waals surface area contributed by atoms with E-state index in [-0.39, 0.29) is 6.04 Å². The summed E-state index contributed by atoms with van der Waals surface area (Å²) in [6, 6.07) is 7.84. The summed E-state index contributed by atoms with van der Waals surface area (Å²) in [5, 5.41) is 10.3. The first-order chi connectivity index (χ1) is 9.65. The highest BCUT2D eigenvalue weighted by Crippen LogP contribution is 2.34. The van der Waals surface area contributed by atoms with Crippen LogP contribution < -0.4 is 0 Å². The van der Waals surface area contributed by atoms with Crippen LogP contribution in [0.2, 0.25) is 0 Å². The maximum atomic E-state index is 11.0. The first-order valence-corrected chi connectivity index (χ1v) is 7.79. The second kappa shape index (κ2) is 5.50. The van der Waals surface area contributed by atoms with Crippen LogP contribution in [0.25, 0.3) is 10.2 Å². The van der Waals surface area contributed by atoms with Crippen LogP contribution in [0.1, 0.15) is 30.7 Å². The number of aromatic nitrogens is 1. The summed E-state index contributed by atoms with van der Waals surface area (Å²) in [7, 11) is 0. The number of benzene rings is 1. The molecule has 0 spiro atoms. The Kier molecular flexibility index (Phi) is 3.72. The zero-order valence-electron chi connectivity index (χ0n) is 11.5. The SMILES string of the molecule is CC(C(=O)O)N1CCC(c2nc3ccccc3s2)CC1. The molecule has 0 radical (unpaired) electrons. The van der Waals surface area contributed by atoms with Crippen molar-refractivity contribution in [2.75, 3.05) is 13.1 Å². The Bertz CT molecular complexity index is 584. The van der Waals surface area contributed by atoms with E-state index in [0.717, 1.165) is 31.4 Å². The molecule has 0 saturated carbocycles. The van der Waals surface area contributed by atoms with E-state index in [9.17, 15) is 4.79 Å². The number of fused-ring (bicyclic) bond motifs is 1. The van der Waals surface area contributed by atoms with Gasteiger partial charge < -0.3 is 5.11 Å². The molecule has 1 unspecified atom stereocenters. The van der Waals surface area contributed by atoms with Crippen molar-refractivity contribution >= 4 is 27.5 Å². The molecule has 1 aromatic heterocycles. The lowest BCUT2D eigenvalue weighted by Crippen LogP contribution is -2.43. The van der Waals surface area contributed by atoms with Crippen molar-refractivity contribution in [2.24, 2.45) is 0 Å². The third-order valence-corrected chi connectivity index (χ3v) is 5.29. The summed E-state index contributed by atoms with van der Waals surface area (Å²) in [5.41, 5.74) is 1.08. The Balaban J connectivity index is 1.70. The number of aliphatic carboxylic acids is 1. The van der Waals surface area contributed by atoms with Gasteiger partial charge in [-0.1, -0.05) is 12.1 Å². The third-order valence-electron chi connectivity index (χ3n) is 4.09. The van der Waals surface area contributed by atoms with Crippen LogP contribution in [-0.4, -0.2) is 40.1 Å². The highest BCUT2D eigenvalue weighted by Gasteiger charge is 2.28. The van der Waals surface area contributed by atoms with E-state index in [4.69, 9.17) is 10.1 Å². The van der Waals surface area contributed by atoms with Gasteiger partial charge in [0, 0.05) is 5.92 Å². The summed E-state index contributed by atoms with van der Waals surface area (Å²) in [4.78, 5) is 17.8. The van der Waals surface area contributed by atoms with Gasteiger partial charge in [0.05, 0.1) is 15.2 Å². The number of carbonyl (C=O) groups is 1. The molecule has 5 heteroatoms. The standard InChI is InChI=1S/C15H18N2O2S/c1-10(15(18)19)17-8-6-11(7-9-17)14-16-12-4-2-3-5-13(12)20-14/h2-5,10-11H,6-9H2,1H3,(H,18,19). The molecule has 2 aromatic rings. The second-order valence-electron chi connectivity index (χ2n) is 5.34. The number of carboxylic acid groups (broad SMARTS) is 1. The molecule has 0 aliphatic carbocycles. The normalized spacial score (nSPS) is 19.2. The summed E-state index contributed by atoms with van der Waals surface area (Å²) in [6.45, 7) is 3.45. The first-order valence-electron chi connectivity index (χ1n) is 6.97. The minimum absolute atomic E-state index is 0.383. The van der Waals surface area contributed by atoms with E-state index in [0.29, 0.717) is 5.92 Å². The van der Waals surface area contributed by atoms with Crippen LogP contribution in [0.3, 0.4) is 0 Å². The maximum absolute atomic E-state index is 11.0. The molecule has 1 aliphatic rings. The van der Waals surface area contributed by atoms with Gasteiger partial charge in [-0.15, -0.1) is 11.3 Å². The third kappa shape index (κ3) is 2.55. The Morgan fingerprint density at radius 1 is 1.40 bits per heavy atom. The number of thiazole rings is 1. The molecule has 3 rings (SSSR count). The summed E-state index contributed by atoms with van der Waals surface area (Å²) in [6.07, 6.45) is 1.99. The lowest BCUT2D eigenvalue weighted by Gasteiger charge is -2.33. The van der Waals surface area contributed by atoms with Crippen molar-refractivity contribution in [3.8, 4) is 0 Å². The zero-order valence-corrected chi connectivity index (χ0v) is 12.3. The number of rotatable bonds is 3. The van der Waals surface area contributed by atoms with Gasteiger partial charge in [0.1, 0.15) is 6.04 Å². The van der Waals surface area contributed by atoms with Gasteiger partial charge in [-0.25, -0.2) is 4.98 Å². The van der Waals surface area contributed by atoms with Crippen LogP contribution in [0.5, 0.6) is 0 Å². The van der Waals surface area contributed by atoms with Gasteiger partial charge >= 0.3 is 5.97 Å². The number of carboxylic acids is 1. The molecule has 1 atom stereocenters. The topological polar surface area (TPSA) is 53.4 Å². The van der Waals surface area contributed by atoms with Crippen molar-refractivity contribution in [1.82, 2.24) is 9.88 Å². The van der Waals surface area contributed by atoms with E-state index in [1.807, 2.05) is 17.0 Å². The Morgan fingerprint density at radius 2 is 2.10 bits per heavy atom. The van der Waals surface area contributed by atoms with E-state index in [1.165, 1.54) is 9.71 Å². The van der Waals surface area contributed by atoms with Crippen molar-refractivity contribution in [2.45, 2.75) is 31.7 Å². The summed E-state index contributed by atoms with van der Waals surface area (Å²) < 4.78 is 1.24. The molecular formula is C15H18N2O2S. The fourth-order valence-electron chi connectivity index (χ4n) is 2.75. The van der Waals surface area contributed by atoms with E-state index in [1.54, 1.807) is 18.3 Å². The fraction of sp³-hybridized carbons (Fsp3) is 0.467. The summed E-state index contributed by atoms with van der Waals surface area (Å²) in [5.74, 6) is -0.256. The first kappa shape index (κ1) is 13.5. The van der Waals surface area contributed by atoms with Crippen molar-refractivity contribution in [3.63, 3.8) is 0 Å². The van der Waals surface area contributed by atoms with Gasteiger partial charge in [0.2, 0.25) is 0 Å². The van der Waals surface area contributed by atoms with Crippen molar-refractivity contribution in [3.05, 3.63) is 29.3 Å². The Morgan fingerprint density at radius 3 is 2.75 bits per heavy atom. The molecule has 1 saturated heterocycles. The van der Waals surface area contributed by atoms with E-state index in [2.05, 4.69) is 12.1 Å². The Labute approximate surface area is 122 Å². The minimum Gasteiger partial charge on any atom is -0.480 e. The number of nitrogens with zero attached hydrogens (tertiary/aromatic N) is 2. The van der Waals surface area contributed by atoms with Gasteiger partial charge in [-0.3, -0.25) is 9.69 Å². The van der Waals surface area contributed by atoms with Crippen LogP contribution in [0.4, 0.5) is 0 Å². The van der Waals surface area contributed by atoms with Crippen LogP contribution in [0, 0.1) is 0 Å². The predicted octanol–water partition coefficient (Wildman–Crippen LogP) is 2.95. The lowest BCUT2D eigenvalue weighted by atomic mass is 9.96. The fourth-order valence-corrected chi connectivity index (χ4v) is 3.89. The average Bonchev–Trinajstić information content (AvgIpc) is 2.90. The monoisotopic (exact) mass is 290 g/mol. The quantitative estimate of drug-likeness (QED) is 0.944. The molecule has 20 heavy (non-hydrogen) atoms. The number of para-hydroxylation sites is 1. The van der Waals surface area contributed by atoms with Gasteiger partial charge in [-0.2, -0.15) is 0 Å². The molecule has 1 aromatic carbocycles. The highest BCUT2D eigenvalue weighted by molar-refractivity contribution is 7.18. The van der Waals surface area contributed by atoms with Gasteiger partial charge in [0.15, 0.2) is 0 Å². The maximum Gasteiger partial charge on any atom is 0.320 e. The smallest absolute Gasteiger partial charge is 0.320 e. The van der Waals surface area contributed by atoms with E-state index >= 15 is 0 Å². The molecule has 1 N–H and O–H groups in total. The van der Waals surface area contributed by atoms with Crippen LogP contribution >= 0.6 is 11.3 Å². The van der Waals surface area contributed by atoms with Crippen molar-refractivity contribution < 1.29 is 9.90 Å². The second-order valence-corrected chi connectivity index (χ2v) is 6.41. The molecule has 0 amide bonds. The van der Waals surface area contributed by atoms with Gasteiger partial charge in [-0.05, 0) is 45.0 Å². The number of piperidine rings is 1. The van der Waals surface area contributed by atoms with Crippen LogP contribution in [0.15, 0.2) is 24.3 Å². The molecule has 0 bridgehead atoms. The minimum atomic E-state index is -0.733. The van der Waals surface area contributed by atoms with Gasteiger partial charge in [0.25, 0.3) is 0 Å². The zero-order chi connectivity index (χ0) is 14.1. The molecule has 4 nitrogen and oxygen atoms in total. The molecule has 1 aliphatic heterocycles. The number of likely N-dealkylation sites (tertiary alicyclic amines) is 1. The lowest BCUT2D eigenvalue weighted by molar-refractivity contribution is -0.143. The Hall–Kier alpha value is -1.46. The molecule has 106 valence electrons. The average molecular weight is 290 g/mol. The molecule has 2 heterocycles. The summed E-state index contributed by atoms with van der Waals surface area (Å²) >= 11 is 1.77. The molecule has 1 fully saturated rings. The number of hydrogen-bond acceptors (Lipinski definition) is 4. The highest BCUT2D eigenvalue weighted by atomic mass is 32.1.